The predicted molar refractivity (Wildman–Crippen MR) is 102 cm³/mol. The Balaban J connectivity index is 1.78. The molecule has 0 aliphatic heterocycles. The highest BCUT2D eigenvalue weighted by atomic mass is 32.2. The highest BCUT2D eigenvalue weighted by Crippen LogP contribution is 2.10. The molecule has 0 saturated carbocycles. The lowest BCUT2D eigenvalue weighted by Crippen LogP contribution is -2.38. The highest BCUT2D eigenvalue weighted by Gasteiger charge is 2.04. The number of hydrogen-bond acceptors (Lipinski definition) is 4. The molecule has 0 bridgehead atoms. The van der Waals surface area contributed by atoms with Crippen molar-refractivity contribution in [3.05, 3.63) is 46.4 Å². The molecular weight excluding hydrogens is 340 g/mol. The summed E-state index contributed by atoms with van der Waals surface area (Å²) in [5, 5.41) is 7.63. The van der Waals surface area contributed by atoms with Crippen LogP contribution in [0.15, 0.2) is 46.4 Å². The lowest BCUT2D eigenvalue weighted by Gasteiger charge is -2.10. The van der Waals surface area contributed by atoms with Gasteiger partial charge in [-0.05, 0) is 26.0 Å². The van der Waals surface area contributed by atoms with Crippen molar-refractivity contribution < 1.29 is 4.21 Å². The number of hydrogen-bond donors (Lipinski definition) is 2. The first kappa shape index (κ1) is 18.6. The van der Waals surface area contributed by atoms with Gasteiger partial charge in [-0.25, -0.2) is 4.98 Å². The monoisotopic (exact) mass is 364 g/mol. The largest absolute Gasteiger partial charge is 0.357 e. The maximum absolute atomic E-state index is 12.2. The molecule has 1 unspecified atom stereocenters. The summed E-state index contributed by atoms with van der Waals surface area (Å²) < 4.78 is 12.2. The Kier molecular flexibility index (Phi) is 7.91. The van der Waals surface area contributed by atoms with Crippen LogP contribution < -0.4 is 10.6 Å². The predicted octanol–water partition coefficient (Wildman–Crippen LogP) is 2.36. The molecule has 1 heterocycles. The van der Waals surface area contributed by atoms with Gasteiger partial charge in [-0.3, -0.25) is 9.20 Å². The minimum absolute atomic E-state index is 0.520. The van der Waals surface area contributed by atoms with Gasteiger partial charge in [0.1, 0.15) is 0 Å². The van der Waals surface area contributed by atoms with Gasteiger partial charge in [0, 0.05) is 41.2 Å². The Hall–Kier alpha value is -1.73. The lowest BCUT2D eigenvalue weighted by molar-refractivity contribution is 0.682. The number of benzene rings is 1. The molecule has 0 radical (unpaired) electrons. The molecule has 0 aliphatic rings. The van der Waals surface area contributed by atoms with Crippen LogP contribution in [0.3, 0.4) is 0 Å². The molecule has 1 aromatic carbocycles. The number of guanidine groups is 1. The lowest BCUT2D eigenvalue weighted by atomic mass is 10.4. The Morgan fingerprint density at radius 1 is 1.29 bits per heavy atom. The zero-order valence-corrected chi connectivity index (χ0v) is 15.8. The third kappa shape index (κ3) is 6.41. The van der Waals surface area contributed by atoms with Gasteiger partial charge in [-0.1, -0.05) is 18.2 Å². The van der Waals surface area contributed by atoms with Crippen molar-refractivity contribution in [1.82, 2.24) is 15.6 Å². The van der Waals surface area contributed by atoms with E-state index < -0.39 is 10.8 Å². The van der Waals surface area contributed by atoms with Crippen LogP contribution in [0.4, 0.5) is 0 Å². The Morgan fingerprint density at radius 2 is 2.08 bits per heavy atom. The molecule has 0 fully saturated rings. The molecule has 0 saturated heterocycles. The van der Waals surface area contributed by atoms with Crippen LogP contribution in [0.1, 0.15) is 16.8 Å². The number of aliphatic imine (C=N–C) groups is 1. The fourth-order valence-electron chi connectivity index (χ4n) is 2.08. The number of aromatic nitrogens is 1. The van der Waals surface area contributed by atoms with Crippen LogP contribution in [0.5, 0.6) is 0 Å². The minimum Gasteiger partial charge on any atom is -0.357 e. The van der Waals surface area contributed by atoms with E-state index in [2.05, 4.69) is 27.5 Å². The van der Waals surface area contributed by atoms with Gasteiger partial charge >= 0.3 is 0 Å². The fourth-order valence-corrected chi connectivity index (χ4v) is 3.82. The van der Waals surface area contributed by atoms with Crippen molar-refractivity contribution in [3.8, 4) is 0 Å². The van der Waals surface area contributed by atoms with E-state index in [1.807, 2.05) is 43.5 Å². The maximum atomic E-state index is 12.2. The average Bonchev–Trinajstić information content (AvgIpc) is 3.01. The Morgan fingerprint density at radius 3 is 2.75 bits per heavy atom. The van der Waals surface area contributed by atoms with Crippen LogP contribution in [0.2, 0.25) is 0 Å². The highest BCUT2D eigenvalue weighted by molar-refractivity contribution is 7.85. The van der Waals surface area contributed by atoms with E-state index in [1.54, 1.807) is 11.3 Å². The number of thiazole rings is 1. The molecule has 1 aromatic heterocycles. The first-order valence-electron chi connectivity index (χ1n) is 8.06. The molecule has 5 nitrogen and oxygen atoms in total. The van der Waals surface area contributed by atoms with Gasteiger partial charge in [0.15, 0.2) is 5.96 Å². The zero-order chi connectivity index (χ0) is 17.2. The maximum Gasteiger partial charge on any atom is 0.191 e. The summed E-state index contributed by atoms with van der Waals surface area (Å²) in [6.07, 6.45) is 2.77. The quantitative estimate of drug-likeness (QED) is 0.557. The number of rotatable bonds is 8. The minimum atomic E-state index is -1.01. The van der Waals surface area contributed by atoms with E-state index in [4.69, 9.17) is 0 Å². The summed E-state index contributed by atoms with van der Waals surface area (Å²) in [6, 6.07) is 9.51. The second kappa shape index (κ2) is 10.2. The molecule has 0 spiro atoms. The number of aryl methyl sites for hydroxylation is 1. The molecule has 2 rings (SSSR count). The molecule has 0 amide bonds. The van der Waals surface area contributed by atoms with E-state index >= 15 is 0 Å². The van der Waals surface area contributed by atoms with Crippen molar-refractivity contribution in [1.29, 1.82) is 0 Å². The van der Waals surface area contributed by atoms with Crippen LogP contribution >= 0.6 is 11.3 Å². The van der Waals surface area contributed by atoms with E-state index in [0.29, 0.717) is 12.3 Å². The van der Waals surface area contributed by atoms with Gasteiger partial charge in [-0.15, -0.1) is 11.3 Å². The summed E-state index contributed by atoms with van der Waals surface area (Å²) in [5.74, 6) is 1.28. The normalized spacial score (nSPS) is 12.8. The summed E-state index contributed by atoms with van der Waals surface area (Å²) >= 11 is 1.72. The van der Waals surface area contributed by atoms with E-state index in [9.17, 15) is 4.21 Å². The summed E-state index contributed by atoms with van der Waals surface area (Å²) in [6.45, 7) is 6.19. The Bertz CT molecular complexity index is 670. The molecule has 24 heavy (non-hydrogen) atoms. The van der Waals surface area contributed by atoms with E-state index in [1.165, 1.54) is 4.88 Å². The third-order valence-electron chi connectivity index (χ3n) is 3.20. The van der Waals surface area contributed by atoms with Gasteiger partial charge in [-0.2, -0.15) is 0 Å². The van der Waals surface area contributed by atoms with Gasteiger partial charge in [0.25, 0.3) is 0 Å². The fraction of sp³-hybridized carbons (Fsp3) is 0.412. The van der Waals surface area contributed by atoms with E-state index in [0.717, 1.165) is 35.4 Å². The second-order valence-corrected chi connectivity index (χ2v) is 8.05. The Labute approximate surface area is 150 Å². The standard InChI is InChI=1S/C17H24N4OS2/c1-3-18-17(19-10-9-16-21-13-14(2)23-16)20-11-12-24(22)15-7-5-4-6-8-15/h4-8,13H,3,9-12H2,1-2H3,(H2,18,19,20). The first-order chi connectivity index (χ1) is 11.7. The van der Waals surface area contributed by atoms with Crippen LogP contribution in [-0.2, 0) is 17.2 Å². The van der Waals surface area contributed by atoms with Crippen LogP contribution in [0.25, 0.3) is 0 Å². The molecule has 1 atom stereocenters. The third-order valence-corrected chi connectivity index (χ3v) is 5.52. The smallest absolute Gasteiger partial charge is 0.191 e. The summed E-state index contributed by atoms with van der Waals surface area (Å²) in [4.78, 5) is 10.9. The molecule has 2 N–H and O–H groups in total. The van der Waals surface area contributed by atoms with Crippen molar-refractivity contribution in [2.24, 2.45) is 4.99 Å². The van der Waals surface area contributed by atoms with Gasteiger partial charge in [0.2, 0.25) is 0 Å². The molecule has 130 valence electrons. The number of nitrogens with one attached hydrogen (secondary N) is 2. The van der Waals surface area contributed by atoms with Crippen molar-refractivity contribution in [3.63, 3.8) is 0 Å². The number of nitrogens with zero attached hydrogens (tertiary/aromatic N) is 2. The van der Waals surface area contributed by atoms with Crippen LogP contribution in [-0.4, -0.2) is 40.5 Å². The van der Waals surface area contributed by atoms with Gasteiger partial charge < -0.3 is 10.6 Å². The van der Waals surface area contributed by atoms with Crippen LogP contribution in [0, 0.1) is 6.92 Å². The van der Waals surface area contributed by atoms with E-state index in [-0.39, 0.29) is 0 Å². The summed E-state index contributed by atoms with van der Waals surface area (Å²) in [5.41, 5.74) is 0. The molecule has 2 aromatic rings. The van der Waals surface area contributed by atoms with Gasteiger partial charge in [0.05, 0.1) is 22.4 Å². The average molecular weight is 365 g/mol. The van der Waals surface area contributed by atoms with Crippen molar-refractivity contribution >= 4 is 28.1 Å². The van der Waals surface area contributed by atoms with Crippen molar-refractivity contribution in [2.75, 3.05) is 25.4 Å². The molecule has 7 heteroatoms. The summed E-state index contributed by atoms with van der Waals surface area (Å²) in [7, 11) is -1.01. The first-order valence-corrected chi connectivity index (χ1v) is 10.2. The zero-order valence-electron chi connectivity index (χ0n) is 14.1. The second-order valence-electron chi connectivity index (χ2n) is 5.16. The molecule has 0 aliphatic carbocycles. The van der Waals surface area contributed by atoms with Crippen molar-refractivity contribution in [2.45, 2.75) is 25.2 Å². The topological polar surface area (TPSA) is 66.4 Å². The SMILES string of the molecule is CCNC(=NCCS(=O)c1ccccc1)NCCc1ncc(C)s1. The molecular formula is C17H24N4OS2.